The zero-order valence-corrected chi connectivity index (χ0v) is 19.4. The van der Waals surface area contributed by atoms with Crippen LogP contribution >= 0.6 is 0 Å². The van der Waals surface area contributed by atoms with Crippen molar-refractivity contribution in [3.8, 4) is 0 Å². The maximum Gasteiger partial charge on any atom is 0.137 e. The molecule has 33 heavy (non-hydrogen) atoms. The SMILES string of the molecule is c1ccc(CN2CCOCCOCc3cn(C4CCCCO4)c(n3)COCCOCC2)nc1. The topological polar surface area (TPSA) is 80.1 Å². The van der Waals surface area contributed by atoms with E-state index < -0.39 is 0 Å². The Morgan fingerprint density at radius 1 is 0.848 bits per heavy atom. The molecule has 4 heterocycles. The highest BCUT2D eigenvalue weighted by atomic mass is 16.5. The molecule has 2 aliphatic heterocycles. The first-order valence-corrected chi connectivity index (χ1v) is 12.0. The van der Waals surface area contributed by atoms with Gasteiger partial charge in [-0.3, -0.25) is 9.88 Å². The zero-order valence-electron chi connectivity index (χ0n) is 19.4. The number of nitrogens with zero attached hydrogens (tertiary/aromatic N) is 4. The molecule has 2 aliphatic rings. The smallest absolute Gasteiger partial charge is 0.137 e. The first-order valence-electron chi connectivity index (χ1n) is 12.0. The van der Waals surface area contributed by atoms with Crippen LogP contribution in [-0.4, -0.2) is 78.8 Å². The molecule has 182 valence electrons. The monoisotopic (exact) mass is 460 g/mol. The molecule has 2 aromatic heterocycles. The van der Waals surface area contributed by atoms with Crippen molar-refractivity contribution in [2.45, 2.75) is 45.2 Å². The summed E-state index contributed by atoms with van der Waals surface area (Å²) in [5.41, 5.74) is 1.93. The molecular weight excluding hydrogens is 424 g/mol. The molecule has 2 bridgehead atoms. The van der Waals surface area contributed by atoms with Crippen molar-refractivity contribution in [1.82, 2.24) is 19.4 Å². The summed E-state index contributed by atoms with van der Waals surface area (Å²) in [5.74, 6) is 0.874. The molecule has 2 aromatic rings. The molecule has 1 unspecified atom stereocenters. The van der Waals surface area contributed by atoms with E-state index in [-0.39, 0.29) is 6.23 Å². The molecule has 0 amide bonds. The lowest BCUT2D eigenvalue weighted by atomic mass is 10.2. The van der Waals surface area contributed by atoms with Crippen LogP contribution in [0.3, 0.4) is 0 Å². The van der Waals surface area contributed by atoms with Gasteiger partial charge in [0.2, 0.25) is 0 Å². The lowest BCUT2D eigenvalue weighted by Gasteiger charge is -2.25. The second-order valence-electron chi connectivity index (χ2n) is 8.30. The second kappa shape index (κ2) is 13.7. The summed E-state index contributed by atoms with van der Waals surface area (Å²) in [7, 11) is 0. The number of pyridine rings is 1. The molecular formula is C24H36N4O5. The average molecular weight is 461 g/mol. The van der Waals surface area contributed by atoms with Crippen molar-refractivity contribution >= 4 is 0 Å². The molecule has 0 aliphatic carbocycles. The van der Waals surface area contributed by atoms with Crippen LogP contribution in [0.25, 0.3) is 0 Å². The molecule has 0 N–H and O–H groups in total. The van der Waals surface area contributed by atoms with E-state index in [0.717, 1.165) is 62.7 Å². The summed E-state index contributed by atoms with van der Waals surface area (Å²) >= 11 is 0. The third-order valence-corrected chi connectivity index (χ3v) is 5.77. The lowest BCUT2D eigenvalue weighted by Crippen LogP contribution is -2.31. The first kappa shape index (κ1) is 24.3. The molecule has 0 spiro atoms. The molecule has 9 heteroatoms. The van der Waals surface area contributed by atoms with Gasteiger partial charge in [-0.2, -0.15) is 0 Å². The molecule has 0 aromatic carbocycles. The van der Waals surface area contributed by atoms with E-state index >= 15 is 0 Å². The van der Waals surface area contributed by atoms with E-state index in [1.54, 1.807) is 0 Å². The summed E-state index contributed by atoms with van der Waals surface area (Å²) in [4.78, 5) is 11.5. The van der Waals surface area contributed by atoms with Crippen LogP contribution in [0.4, 0.5) is 0 Å². The van der Waals surface area contributed by atoms with E-state index in [1.807, 2.05) is 30.6 Å². The molecule has 1 atom stereocenters. The second-order valence-corrected chi connectivity index (χ2v) is 8.30. The third kappa shape index (κ3) is 8.13. The van der Waals surface area contributed by atoms with E-state index in [0.29, 0.717) is 52.9 Å². The Balaban J connectivity index is 1.31. The van der Waals surface area contributed by atoms with Gasteiger partial charge in [0, 0.05) is 38.6 Å². The average Bonchev–Trinajstić information content (AvgIpc) is 3.26. The standard InChI is InChI=1S/C24H36N4O5/c1-3-7-25-21(5-1)17-27-8-11-29-13-15-31-19-22-18-28(24-6-2-4-10-33-24)23(26-22)20-32-16-14-30-12-9-27/h1,3,5,7,18,24H,2,4,6,8-17,19-20H2. The summed E-state index contributed by atoms with van der Waals surface area (Å²) in [6.45, 7) is 7.48. The van der Waals surface area contributed by atoms with Crippen LogP contribution < -0.4 is 0 Å². The number of imidazole rings is 1. The van der Waals surface area contributed by atoms with Crippen LogP contribution in [0.2, 0.25) is 0 Å². The van der Waals surface area contributed by atoms with Gasteiger partial charge in [0.05, 0.1) is 57.6 Å². The van der Waals surface area contributed by atoms with Crippen LogP contribution in [0.1, 0.15) is 42.7 Å². The minimum absolute atomic E-state index is 0.0254. The fourth-order valence-corrected chi connectivity index (χ4v) is 4.01. The first-order chi connectivity index (χ1) is 16.4. The van der Waals surface area contributed by atoms with Crippen molar-refractivity contribution in [1.29, 1.82) is 0 Å². The molecule has 4 rings (SSSR count). The summed E-state index contributed by atoms with van der Waals surface area (Å²) in [6, 6.07) is 5.99. The minimum Gasteiger partial charge on any atom is -0.378 e. The highest BCUT2D eigenvalue weighted by molar-refractivity contribution is 5.04. The van der Waals surface area contributed by atoms with Crippen LogP contribution in [0, 0.1) is 0 Å². The zero-order chi connectivity index (χ0) is 22.6. The van der Waals surface area contributed by atoms with Gasteiger partial charge >= 0.3 is 0 Å². The number of hydrogen-bond donors (Lipinski definition) is 0. The number of fused-ring (bicyclic) bond motifs is 2. The van der Waals surface area contributed by atoms with Crippen LogP contribution in [-0.2, 0) is 43.4 Å². The van der Waals surface area contributed by atoms with Crippen LogP contribution in [0.5, 0.6) is 0 Å². The highest BCUT2D eigenvalue weighted by Crippen LogP contribution is 2.25. The number of hydrogen-bond acceptors (Lipinski definition) is 8. The Bertz CT molecular complexity index is 797. The predicted octanol–water partition coefficient (Wildman–Crippen LogP) is 2.56. The predicted molar refractivity (Wildman–Crippen MR) is 122 cm³/mol. The Morgan fingerprint density at radius 2 is 1.64 bits per heavy atom. The lowest BCUT2D eigenvalue weighted by molar-refractivity contribution is -0.0378. The van der Waals surface area contributed by atoms with E-state index in [1.165, 1.54) is 0 Å². The Hall–Kier alpha value is -1.88. The van der Waals surface area contributed by atoms with Gasteiger partial charge in [0.1, 0.15) is 18.7 Å². The quantitative estimate of drug-likeness (QED) is 0.692. The molecule has 1 fully saturated rings. The van der Waals surface area contributed by atoms with Gasteiger partial charge in [-0.15, -0.1) is 0 Å². The van der Waals surface area contributed by atoms with Crippen molar-refractivity contribution in [2.24, 2.45) is 0 Å². The van der Waals surface area contributed by atoms with Gasteiger partial charge in [0.15, 0.2) is 0 Å². The summed E-state index contributed by atoms with van der Waals surface area (Å²) in [5, 5.41) is 0. The van der Waals surface area contributed by atoms with E-state index in [4.69, 9.17) is 28.7 Å². The Labute approximate surface area is 196 Å². The van der Waals surface area contributed by atoms with Gasteiger partial charge in [-0.1, -0.05) is 6.07 Å². The van der Waals surface area contributed by atoms with Gasteiger partial charge in [0.25, 0.3) is 0 Å². The van der Waals surface area contributed by atoms with Gasteiger partial charge in [-0.25, -0.2) is 4.98 Å². The highest BCUT2D eigenvalue weighted by Gasteiger charge is 2.20. The number of rotatable bonds is 3. The van der Waals surface area contributed by atoms with E-state index in [2.05, 4.69) is 14.5 Å². The van der Waals surface area contributed by atoms with Crippen molar-refractivity contribution in [3.05, 3.63) is 47.8 Å². The van der Waals surface area contributed by atoms with E-state index in [9.17, 15) is 0 Å². The van der Waals surface area contributed by atoms with Crippen molar-refractivity contribution in [2.75, 3.05) is 59.3 Å². The van der Waals surface area contributed by atoms with Crippen molar-refractivity contribution in [3.63, 3.8) is 0 Å². The number of aromatic nitrogens is 3. The summed E-state index contributed by atoms with van der Waals surface area (Å²) < 4.78 is 31.4. The maximum atomic E-state index is 5.97. The number of ether oxygens (including phenoxy) is 5. The van der Waals surface area contributed by atoms with Crippen LogP contribution in [0.15, 0.2) is 30.6 Å². The Kier molecular flexibility index (Phi) is 10.1. The molecule has 1 saturated heterocycles. The maximum absolute atomic E-state index is 5.97. The van der Waals surface area contributed by atoms with Gasteiger partial charge < -0.3 is 28.3 Å². The molecule has 9 nitrogen and oxygen atoms in total. The largest absolute Gasteiger partial charge is 0.378 e. The Morgan fingerprint density at radius 3 is 2.36 bits per heavy atom. The summed E-state index contributed by atoms with van der Waals surface area (Å²) in [6.07, 6.45) is 7.16. The third-order valence-electron chi connectivity index (χ3n) is 5.77. The fourth-order valence-electron chi connectivity index (χ4n) is 4.01. The normalized spacial score (nSPS) is 23.0. The van der Waals surface area contributed by atoms with Crippen molar-refractivity contribution < 1.29 is 23.7 Å². The molecule has 0 radical (unpaired) electrons. The molecule has 0 saturated carbocycles. The van der Waals surface area contributed by atoms with Gasteiger partial charge in [-0.05, 0) is 31.4 Å². The minimum atomic E-state index is 0.0254. The fraction of sp³-hybridized carbons (Fsp3) is 0.667.